The van der Waals surface area contributed by atoms with Crippen molar-refractivity contribution in [2.45, 2.75) is 13.0 Å². The van der Waals surface area contributed by atoms with Gasteiger partial charge in [0.25, 0.3) is 5.91 Å². The van der Waals surface area contributed by atoms with E-state index in [0.717, 1.165) is 14.4 Å². The molecule has 3 heterocycles. The summed E-state index contributed by atoms with van der Waals surface area (Å²) >= 11 is 5.00. The van der Waals surface area contributed by atoms with E-state index >= 15 is 0 Å². The first-order valence-corrected chi connectivity index (χ1v) is 10.7. The highest BCUT2D eigenvalue weighted by Crippen LogP contribution is 2.38. The fraction of sp³-hybridized carbons (Fsp3) is 0.300. The van der Waals surface area contributed by atoms with Crippen LogP contribution < -0.4 is 10.2 Å². The number of amides is 3. The van der Waals surface area contributed by atoms with Crippen LogP contribution in [-0.4, -0.2) is 43.1 Å². The van der Waals surface area contributed by atoms with Crippen LogP contribution in [-0.2, 0) is 9.53 Å². The quantitative estimate of drug-likeness (QED) is 0.753. The van der Waals surface area contributed by atoms with E-state index in [1.807, 2.05) is 49.4 Å². The number of nitrogens with one attached hydrogen (secondary N) is 1. The average molecular weight is 462 g/mol. The Bertz CT molecular complexity index is 922. The van der Waals surface area contributed by atoms with Gasteiger partial charge in [-0.15, -0.1) is 11.3 Å². The summed E-state index contributed by atoms with van der Waals surface area (Å²) in [6, 6.07) is 12.5. The van der Waals surface area contributed by atoms with Gasteiger partial charge in [-0.25, -0.2) is 4.79 Å². The zero-order chi connectivity index (χ0) is 19.7. The number of ether oxygens (including phenoxy) is 1. The van der Waals surface area contributed by atoms with Gasteiger partial charge < -0.3 is 15.0 Å². The number of carbonyl (C=O) groups is 2. The van der Waals surface area contributed by atoms with E-state index in [4.69, 9.17) is 4.74 Å². The number of hydrogen-bond acceptors (Lipinski definition) is 4. The van der Waals surface area contributed by atoms with E-state index < -0.39 is 6.04 Å². The summed E-state index contributed by atoms with van der Waals surface area (Å²) in [5.74, 6) is -0.0590. The number of anilines is 1. The largest absolute Gasteiger partial charge is 0.378 e. The summed E-state index contributed by atoms with van der Waals surface area (Å²) in [6.45, 7) is 4.00. The fourth-order valence-electron chi connectivity index (χ4n) is 3.54. The fourth-order valence-corrected chi connectivity index (χ4v) is 5.03. The van der Waals surface area contributed by atoms with Crippen LogP contribution in [0.15, 0.2) is 57.5 Å². The number of halogens is 1. The molecule has 2 aliphatic heterocycles. The highest BCUT2D eigenvalue weighted by atomic mass is 79.9. The van der Waals surface area contributed by atoms with Gasteiger partial charge in [-0.2, -0.15) is 0 Å². The van der Waals surface area contributed by atoms with Crippen LogP contribution in [0.1, 0.15) is 17.8 Å². The number of nitrogens with zero attached hydrogens (tertiary/aromatic N) is 2. The molecule has 0 aliphatic carbocycles. The van der Waals surface area contributed by atoms with Crippen LogP contribution >= 0.6 is 27.3 Å². The molecule has 0 saturated carbocycles. The van der Waals surface area contributed by atoms with Gasteiger partial charge in [-0.3, -0.25) is 9.69 Å². The first-order chi connectivity index (χ1) is 13.6. The molecule has 4 rings (SSSR count). The number of benzene rings is 1. The van der Waals surface area contributed by atoms with Gasteiger partial charge >= 0.3 is 6.03 Å². The van der Waals surface area contributed by atoms with Gasteiger partial charge in [0.2, 0.25) is 0 Å². The van der Waals surface area contributed by atoms with Gasteiger partial charge in [-0.1, -0.05) is 18.2 Å². The summed E-state index contributed by atoms with van der Waals surface area (Å²) in [5.41, 5.74) is 1.98. The minimum atomic E-state index is -0.473. The van der Waals surface area contributed by atoms with Crippen LogP contribution in [0.3, 0.4) is 0 Å². The third-order valence-electron chi connectivity index (χ3n) is 4.91. The maximum atomic E-state index is 13.5. The van der Waals surface area contributed by atoms with Gasteiger partial charge in [0, 0.05) is 23.7 Å². The highest BCUT2D eigenvalue weighted by molar-refractivity contribution is 9.11. The molecule has 1 N–H and O–H groups in total. The van der Waals surface area contributed by atoms with Crippen LogP contribution in [0.25, 0.3) is 0 Å². The summed E-state index contributed by atoms with van der Waals surface area (Å²) in [7, 11) is 0. The molecular formula is C20H20BrN3O3S. The Labute approximate surface area is 175 Å². The number of hydrogen-bond donors (Lipinski definition) is 1. The van der Waals surface area contributed by atoms with Gasteiger partial charge in [-0.05, 0) is 47.1 Å². The van der Waals surface area contributed by atoms with Crippen molar-refractivity contribution in [2.24, 2.45) is 0 Å². The molecule has 146 valence electrons. The number of carbonyl (C=O) groups excluding carboxylic acids is 2. The van der Waals surface area contributed by atoms with Crippen LogP contribution in [0.2, 0.25) is 0 Å². The Kier molecular flexibility index (Phi) is 5.52. The van der Waals surface area contributed by atoms with Gasteiger partial charge in [0.15, 0.2) is 0 Å². The second kappa shape index (κ2) is 8.06. The van der Waals surface area contributed by atoms with E-state index in [2.05, 4.69) is 21.2 Å². The van der Waals surface area contributed by atoms with Crippen molar-refractivity contribution in [3.63, 3.8) is 0 Å². The molecule has 0 spiro atoms. The number of rotatable bonds is 3. The minimum absolute atomic E-state index is 0.0590. The monoisotopic (exact) mass is 461 g/mol. The zero-order valence-corrected chi connectivity index (χ0v) is 17.8. The lowest BCUT2D eigenvalue weighted by Crippen LogP contribution is -2.51. The standard InChI is InChI=1S/C20H20BrN3O3S/c1-13-17(19(25)23-9-11-27-12-10-23)18(15-7-8-16(21)28-15)22-20(26)24(13)14-5-3-2-4-6-14/h2-8,18H,9-12H2,1H3,(H,22,26)/t18-/m1/s1. The van der Waals surface area contributed by atoms with E-state index in [1.54, 1.807) is 9.80 Å². The molecule has 0 unspecified atom stereocenters. The van der Waals surface area contributed by atoms with Crippen molar-refractivity contribution >= 4 is 44.9 Å². The highest BCUT2D eigenvalue weighted by Gasteiger charge is 2.38. The van der Waals surface area contributed by atoms with Crippen LogP contribution in [0, 0.1) is 0 Å². The summed E-state index contributed by atoms with van der Waals surface area (Å²) < 4.78 is 6.35. The van der Waals surface area contributed by atoms with Crippen molar-refractivity contribution in [3.05, 3.63) is 62.4 Å². The molecule has 1 fully saturated rings. The van der Waals surface area contributed by atoms with Crippen molar-refractivity contribution in [3.8, 4) is 0 Å². The number of para-hydroxylation sites is 1. The molecule has 6 nitrogen and oxygen atoms in total. The van der Waals surface area contributed by atoms with Crippen molar-refractivity contribution in [1.29, 1.82) is 0 Å². The third-order valence-corrected chi connectivity index (χ3v) is 6.59. The molecule has 8 heteroatoms. The topological polar surface area (TPSA) is 61.9 Å². The third kappa shape index (κ3) is 3.59. The molecule has 3 amide bonds. The number of urea groups is 1. The molecule has 0 radical (unpaired) electrons. The maximum absolute atomic E-state index is 13.5. The lowest BCUT2D eigenvalue weighted by atomic mass is 9.98. The number of morpholine rings is 1. The van der Waals surface area contributed by atoms with E-state index in [9.17, 15) is 9.59 Å². The Balaban J connectivity index is 1.80. The summed E-state index contributed by atoms with van der Waals surface area (Å²) in [5, 5.41) is 3.04. The minimum Gasteiger partial charge on any atom is -0.378 e. The molecule has 1 atom stereocenters. The van der Waals surface area contributed by atoms with Crippen molar-refractivity contribution < 1.29 is 14.3 Å². The number of allylic oxidation sites excluding steroid dienone is 1. The Morgan fingerprint density at radius 1 is 1.18 bits per heavy atom. The van der Waals surface area contributed by atoms with Crippen molar-refractivity contribution in [2.75, 3.05) is 31.2 Å². The Morgan fingerprint density at radius 2 is 1.89 bits per heavy atom. The summed E-state index contributed by atoms with van der Waals surface area (Å²) in [6.07, 6.45) is 0. The normalized spacial score (nSPS) is 20.4. The second-order valence-electron chi connectivity index (χ2n) is 6.60. The maximum Gasteiger partial charge on any atom is 0.327 e. The Hall–Kier alpha value is -2.16. The molecule has 28 heavy (non-hydrogen) atoms. The zero-order valence-electron chi connectivity index (χ0n) is 15.4. The lowest BCUT2D eigenvalue weighted by molar-refractivity contribution is -0.131. The summed E-state index contributed by atoms with van der Waals surface area (Å²) in [4.78, 5) is 30.7. The Morgan fingerprint density at radius 3 is 2.54 bits per heavy atom. The van der Waals surface area contributed by atoms with E-state index in [1.165, 1.54) is 11.3 Å². The SMILES string of the molecule is CC1=C(C(=O)N2CCOCC2)[C@@H](c2ccc(Br)s2)NC(=O)N1c1ccccc1. The first kappa shape index (κ1) is 19.2. The van der Waals surface area contributed by atoms with Crippen LogP contribution in [0.5, 0.6) is 0 Å². The predicted octanol–water partition coefficient (Wildman–Crippen LogP) is 3.91. The predicted molar refractivity (Wildman–Crippen MR) is 112 cm³/mol. The van der Waals surface area contributed by atoms with Gasteiger partial charge in [0.05, 0.1) is 34.3 Å². The van der Waals surface area contributed by atoms with Gasteiger partial charge in [0.1, 0.15) is 0 Å². The molecule has 0 bridgehead atoms. The van der Waals surface area contributed by atoms with E-state index in [0.29, 0.717) is 37.6 Å². The number of thiophene rings is 1. The average Bonchev–Trinajstić information content (AvgIpc) is 3.15. The van der Waals surface area contributed by atoms with Crippen molar-refractivity contribution in [1.82, 2.24) is 10.2 Å². The first-order valence-electron chi connectivity index (χ1n) is 9.05. The molecule has 2 aliphatic rings. The lowest BCUT2D eigenvalue weighted by Gasteiger charge is -2.37. The molecule has 2 aromatic rings. The van der Waals surface area contributed by atoms with Crippen LogP contribution in [0.4, 0.5) is 10.5 Å². The molecule has 1 saturated heterocycles. The molecular weight excluding hydrogens is 442 g/mol. The molecule has 1 aromatic carbocycles. The van der Waals surface area contributed by atoms with E-state index in [-0.39, 0.29) is 11.9 Å². The second-order valence-corrected chi connectivity index (χ2v) is 9.09. The molecule has 1 aromatic heterocycles. The smallest absolute Gasteiger partial charge is 0.327 e.